The van der Waals surface area contributed by atoms with Crippen LogP contribution in [-0.4, -0.2) is 39.5 Å². The number of amides is 3. The number of fused-ring (bicyclic) bond motifs is 9. The van der Waals surface area contributed by atoms with E-state index in [4.69, 9.17) is 4.74 Å². The Kier molecular flexibility index (Phi) is 7.57. The summed E-state index contributed by atoms with van der Waals surface area (Å²) in [6, 6.07) is 18.6. The third kappa shape index (κ3) is 4.99. The molecule has 2 N–H and O–H groups in total. The molecular weight excluding hydrogens is 720 g/mol. The number of halogens is 1. The van der Waals surface area contributed by atoms with Crippen LogP contribution < -0.4 is 19.8 Å². The van der Waals surface area contributed by atoms with E-state index in [2.05, 4.69) is 26.2 Å². The minimum Gasteiger partial charge on any atom is -0.483 e. The van der Waals surface area contributed by atoms with Gasteiger partial charge in [-0.15, -0.1) is 11.8 Å². The average molecular weight is 748 g/mol. The average Bonchev–Trinajstić information content (AvgIpc) is 3.79. The SMILES string of the molecule is Cc1cccc(NC(=O)COc2ccc(Br)cc2[C@H]2c3sc(=O)[nH]c3SC3C2[C@H]2C[C@@H]3C3C(=O)N(c4ccc([N+](=O)[O-])cc4)C(=O)C32)c1. The zero-order valence-electron chi connectivity index (χ0n) is 25.3. The lowest BCUT2D eigenvalue weighted by atomic mass is 9.68. The number of aromatic amines is 1. The molecule has 4 aromatic rings. The van der Waals surface area contributed by atoms with E-state index in [9.17, 15) is 29.3 Å². The van der Waals surface area contributed by atoms with Crippen molar-refractivity contribution in [2.24, 2.45) is 29.6 Å². The topological polar surface area (TPSA) is 152 Å². The highest BCUT2D eigenvalue weighted by molar-refractivity contribution is 9.10. The van der Waals surface area contributed by atoms with Crippen LogP contribution in [0.4, 0.5) is 17.1 Å². The standard InChI is InChI=1S/C34H27BrN4O7S2/c1-15-3-2-4-17(11-15)36-24(40)14-46-23-10-5-16(35)12-20(23)25-26-21-13-22(29(26)47-31-30(25)48-34(43)37-31)28-27(21)32(41)38(33(28)42)18-6-8-19(9-7-18)39(44)45/h2-12,21-22,25-29H,13-14H2,1H3,(H,36,40)(H,37,43)/t21-,22-,25-,26?,27?,28?,29?/m1/s1. The molecule has 0 spiro atoms. The molecule has 1 saturated heterocycles. The van der Waals surface area contributed by atoms with Crippen molar-refractivity contribution < 1.29 is 24.0 Å². The van der Waals surface area contributed by atoms with Crippen LogP contribution in [0.2, 0.25) is 0 Å². The van der Waals surface area contributed by atoms with Gasteiger partial charge in [0, 0.05) is 43.9 Å². The molecule has 48 heavy (non-hydrogen) atoms. The van der Waals surface area contributed by atoms with Gasteiger partial charge in [-0.3, -0.25) is 34.2 Å². The molecule has 2 bridgehead atoms. The van der Waals surface area contributed by atoms with Gasteiger partial charge in [0.15, 0.2) is 6.61 Å². The zero-order valence-corrected chi connectivity index (χ0v) is 28.5. The Hall–Kier alpha value is -4.27. The fourth-order valence-corrected chi connectivity index (χ4v) is 11.6. The summed E-state index contributed by atoms with van der Waals surface area (Å²) >= 11 is 6.33. The quantitative estimate of drug-likeness (QED) is 0.131. The van der Waals surface area contributed by atoms with E-state index in [1.807, 2.05) is 49.4 Å². The van der Waals surface area contributed by atoms with Gasteiger partial charge in [-0.05, 0) is 79.1 Å². The normalized spacial score (nSPS) is 26.6. The maximum Gasteiger partial charge on any atom is 0.305 e. The smallest absolute Gasteiger partial charge is 0.305 e. The lowest BCUT2D eigenvalue weighted by molar-refractivity contribution is -0.384. The summed E-state index contributed by atoms with van der Waals surface area (Å²) in [5.41, 5.74) is 2.69. The van der Waals surface area contributed by atoms with Crippen LogP contribution in [0.3, 0.4) is 0 Å². The number of nitrogens with zero attached hydrogens (tertiary/aromatic N) is 2. The lowest BCUT2D eigenvalue weighted by Crippen LogP contribution is -2.42. The highest BCUT2D eigenvalue weighted by Gasteiger charge is 2.70. The number of non-ortho nitro benzene ring substituents is 1. The van der Waals surface area contributed by atoms with E-state index < -0.39 is 16.8 Å². The molecule has 2 saturated carbocycles. The van der Waals surface area contributed by atoms with Crippen LogP contribution in [0.25, 0.3) is 0 Å². The maximum atomic E-state index is 14.1. The van der Waals surface area contributed by atoms with Crippen LogP contribution >= 0.6 is 39.0 Å². The van der Waals surface area contributed by atoms with Crippen LogP contribution in [0.5, 0.6) is 5.75 Å². The number of benzene rings is 3. The number of carbonyl (C=O) groups excluding carboxylic acids is 3. The van der Waals surface area contributed by atoms with Crippen molar-refractivity contribution in [3.05, 3.63) is 107 Å². The molecule has 3 fully saturated rings. The number of hydrogen-bond donors (Lipinski definition) is 2. The van der Waals surface area contributed by atoms with Crippen molar-refractivity contribution in [3.63, 3.8) is 0 Å². The summed E-state index contributed by atoms with van der Waals surface area (Å²) < 4.78 is 6.98. The van der Waals surface area contributed by atoms with Crippen LogP contribution in [0, 0.1) is 46.6 Å². The number of aromatic nitrogens is 1. The second kappa shape index (κ2) is 11.7. The van der Waals surface area contributed by atoms with Gasteiger partial charge in [-0.25, -0.2) is 0 Å². The summed E-state index contributed by atoms with van der Waals surface area (Å²) in [5, 5.41) is 14.8. The second-order valence-electron chi connectivity index (χ2n) is 12.6. The van der Waals surface area contributed by atoms with Gasteiger partial charge < -0.3 is 15.0 Å². The van der Waals surface area contributed by atoms with Gasteiger partial charge in [0.05, 0.1) is 27.5 Å². The summed E-state index contributed by atoms with van der Waals surface area (Å²) in [7, 11) is 0. The Labute approximate surface area is 290 Å². The van der Waals surface area contributed by atoms with E-state index in [1.54, 1.807) is 11.8 Å². The van der Waals surface area contributed by atoms with Crippen molar-refractivity contribution in [1.29, 1.82) is 0 Å². The summed E-state index contributed by atoms with van der Waals surface area (Å²) in [6.45, 7) is 1.71. The minimum absolute atomic E-state index is 0.0518. The largest absolute Gasteiger partial charge is 0.483 e. The van der Waals surface area contributed by atoms with E-state index in [-0.39, 0.29) is 63.8 Å². The second-order valence-corrected chi connectivity index (χ2v) is 15.8. The van der Waals surface area contributed by atoms with E-state index in [0.717, 1.165) is 36.8 Å². The number of thioether (sulfide) groups is 1. The predicted octanol–water partition coefficient (Wildman–Crippen LogP) is 6.11. The number of nitro groups is 1. The van der Waals surface area contributed by atoms with Gasteiger partial charge >= 0.3 is 4.87 Å². The molecular formula is C34H27BrN4O7S2. The number of rotatable bonds is 7. The van der Waals surface area contributed by atoms with Crippen molar-refractivity contribution in [3.8, 4) is 5.75 Å². The molecule has 3 amide bonds. The number of imide groups is 1. The van der Waals surface area contributed by atoms with Crippen molar-refractivity contribution >= 4 is 73.8 Å². The summed E-state index contributed by atoms with van der Waals surface area (Å²) in [4.78, 5) is 69.3. The van der Waals surface area contributed by atoms with Gasteiger partial charge in [0.1, 0.15) is 5.75 Å². The van der Waals surface area contributed by atoms with Crippen LogP contribution in [0.15, 0.2) is 81.0 Å². The Morgan fingerprint density at radius 1 is 1.06 bits per heavy atom. The maximum absolute atomic E-state index is 14.1. The number of nitro benzene ring substituents is 1. The Morgan fingerprint density at radius 3 is 2.54 bits per heavy atom. The van der Waals surface area contributed by atoms with Gasteiger partial charge in [0.25, 0.3) is 11.6 Å². The molecule has 3 aromatic carbocycles. The lowest BCUT2D eigenvalue weighted by Gasteiger charge is -2.43. The predicted molar refractivity (Wildman–Crippen MR) is 184 cm³/mol. The molecule has 244 valence electrons. The van der Waals surface area contributed by atoms with Crippen LogP contribution in [-0.2, 0) is 14.4 Å². The van der Waals surface area contributed by atoms with Crippen molar-refractivity contribution in [2.75, 3.05) is 16.8 Å². The van der Waals surface area contributed by atoms with E-state index in [0.29, 0.717) is 23.5 Å². The molecule has 2 aliphatic carbocycles. The molecule has 11 nitrogen and oxygen atoms in total. The molecule has 3 heterocycles. The number of thiazole rings is 1. The number of anilines is 2. The first-order valence-electron chi connectivity index (χ1n) is 15.4. The van der Waals surface area contributed by atoms with Gasteiger partial charge in [-0.2, -0.15) is 0 Å². The number of H-pyrrole nitrogens is 1. The molecule has 4 unspecified atom stereocenters. The number of ether oxygens (including phenoxy) is 1. The minimum atomic E-state index is -0.545. The first-order chi connectivity index (χ1) is 23.1. The Morgan fingerprint density at radius 2 is 1.81 bits per heavy atom. The first kappa shape index (κ1) is 31.0. The van der Waals surface area contributed by atoms with E-state index >= 15 is 0 Å². The van der Waals surface area contributed by atoms with Crippen LogP contribution in [0.1, 0.15) is 28.3 Å². The monoisotopic (exact) mass is 746 g/mol. The number of aryl methyl sites for hydroxylation is 1. The molecule has 7 atom stereocenters. The summed E-state index contributed by atoms with van der Waals surface area (Å²) in [5.74, 6) is -2.12. The van der Waals surface area contributed by atoms with Crippen molar-refractivity contribution in [1.82, 2.24) is 4.98 Å². The number of nitrogens with one attached hydrogen (secondary N) is 2. The fourth-order valence-electron chi connectivity index (χ4n) is 8.30. The third-order valence-corrected chi connectivity index (χ3v) is 13.1. The zero-order chi connectivity index (χ0) is 33.4. The molecule has 4 aliphatic rings. The fraction of sp³-hybridized carbons (Fsp3) is 0.294. The van der Waals surface area contributed by atoms with Crippen molar-refractivity contribution in [2.45, 2.75) is 29.5 Å². The Balaban J connectivity index is 1.13. The highest BCUT2D eigenvalue weighted by Crippen LogP contribution is 2.69. The summed E-state index contributed by atoms with van der Waals surface area (Å²) in [6.07, 6.45) is 0.696. The molecule has 8 rings (SSSR count). The first-order valence-corrected chi connectivity index (χ1v) is 17.9. The third-order valence-electron chi connectivity index (χ3n) is 10.0. The molecule has 0 radical (unpaired) electrons. The molecule has 14 heteroatoms. The number of carbonyl (C=O) groups is 3. The highest BCUT2D eigenvalue weighted by atomic mass is 79.9. The van der Waals surface area contributed by atoms with Gasteiger partial charge in [-0.1, -0.05) is 39.4 Å². The number of hydrogen-bond acceptors (Lipinski definition) is 9. The molecule has 2 aliphatic heterocycles. The van der Waals surface area contributed by atoms with Gasteiger partial charge in [0.2, 0.25) is 11.8 Å². The molecule has 1 aromatic heterocycles. The van der Waals surface area contributed by atoms with E-state index in [1.165, 1.54) is 29.2 Å². The Bertz CT molecular complexity index is 2080.